The summed E-state index contributed by atoms with van der Waals surface area (Å²) in [4.78, 5) is 4.55. The molecular formula is C21H23Cl2N3O2. The molecule has 0 aliphatic heterocycles. The largest absolute Gasteiger partial charge is 0.493 e. The predicted molar refractivity (Wildman–Crippen MR) is 116 cm³/mol. The lowest BCUT2D eigenvalue weighted by molar-refractivity contribution is 0.381. The van der Waals surface area contributed by atoms with Crippen LogP contribution < -0.4 is 20.5 Å². The second kappa shape index (κ2) is 9.32. The summed E-state index contributed by atoms with van der Waals surface area (Å²) in [5.41, 5.74) is 7.32. The van der Waals surface area contributed by atoms with E-state index in [0.29, 0.717) is 33.8 Å². The number of ether oxygens (including phenoxy) is 2. The van der Waals surface area contributed by atoms with Gasteiger partial charge in [-0.25, -0.2) is 0 Å². The van der Waals surface area contributed by atoms with Crippen LogP contribution in [0.5, 0.6) is 17.2 Å². The summed E-state index contributed by atoms with van der Waals surface area (Å²) in [6.45, 7) is 2.79. The molecule has 3 aromatic rings. The number of methoxy groups -OCH3 is 1. The maximum atomic E-state index is 6.12. The number of rotatable bonds is 8. The Bertz CT molecular complexity index is 966. The van der Waals surface area contributed by atoms with Crippen molar-refractivity contribution in [1.29, 1.82) is 0 Å². The number of nitrogens with one attached hydrogen (secondary N) is 1. The molecule has 0 aliphatic carbocycles. The molecule has 0 saturated heterocycles. The van der Waals surface area contributed by atoms with Crippen LogP contribution in [0.15, 0.2) is 42.6 Å². The zero-order valence-corrected chi connectivity index (χ0v) is 17.3. The van der Waals surface area contributed by atoms with E-state index >= 15 is 0 Å². The maximum absolute atomic E-state index is 6.12. The summed E-state index contributed by atoms with van der Waals surface area (Å²) in [6, 6.07) is 11.1. The first-order valence-electron chi connectivity index (χ1n) is 9.08. The Kier molecular flexibility index (Phi) is 6.83. The molecule has 0 saturated carbocycles. The van der Waals surface area contributed by atoms with Crippen LogP contribution in [-0.4, -0.2) is 24.7 Å². The SMILES string of the molecule is COc1cc(NC(C)CCCN)c2ncccc2c1Oc1ccc(Cl)c(Cl)c1. The third-order valence-electron chi connectivity index (χ3n) is 4.38. The highest BCUT2D eigenvalue weighted by atomic mass is 35.5. The summed E-state index contributed by atoms with van der Waals surface area (Å²) in [5, 5.41) is 5.24. The van der Waals surface area contributed by atoms with Crippen LogP contribution in [0.3, 0.4) is 0 Å². The van der Waals surface area contributed by atoms with Gasteiger partial charge in [-0.15, -0.1) is 0 Å². The van der Waals surface area contributed by atoms with Crippen molar-refractivity contribution in [3.63, 3.8) is 0 Å². The highest BCUT2D eigenvalue weighted by molar-refractivity contribution is 6.42. The van der Waals surface area contributed by atoms with Gasteiger partial charge in [0.1, 0.15) is 5.75 Å². The smallest absolute Gasteiger partial charge is 0.178 e. The van der Waals surface area contributed by atoms with Crippen LogP contribution in [0.2, 0.25) is 10.0 Å². The number of pyridine rings is 1. The van der Waals surface area contributed by atoms with Crippen LogP contribution in [0.4, 0.5) is 5.69 Å². The Morgan fingerprint density at radius 1 is 1.18 bits per heavy atom. The molecule has 1 unspecified atom stereocenters. The molecule has 148 valence electrons. The molecule has 7 heteroatoms. The number of hydrogen-bond donors (Lipinski definition) is 2. The number of hydrogen-bond acceptors (Lipinski definition) is 5. The Morgan fingerprint density at radius 3 is 2.71 bits per heavy atom. The minimum atomic E-state index is 0.250. The van der Waals surface area contributed by atoms with E-state index in [0.717, 1.165) is 29.4 Å². The fourth-order valence-corrected chi connectivity index (χ4v) is 3.28. The maximum Gasteiger partial charge on any atom is 0.178 e. The highest BCUT2D eigenvalue weighted by Gasteiger charge is 2.17. The van der Waals surface area contributed by atoms with Gasteiger partial charge in [-0.2, -0.15) is 0 Å². The molecule has 0 radical (unpaired) electrons. The first-order chi connectivity index (χ1) is 13.5. The molecule has 5 nitrogen and oxygen atoms in total. The Labute approximate surface area is 174 Å². The summed E-state index contributed by atoms with van der Waals surface area (Å²) in [6.07, 6.45) is 3.68. The lowest BCUT2D eigenvalue weighted by atomic mass is 10.1. The second-order valence-electron chi connectivity index (χ2n) is 6.51. The average Bonchev–Trinajstić information content (AvgIpc) is 2.70. The third kappa shape index (κ3) is 4.61. The van der Waals surface area contributed by atoms with E-state index in [9.17, 15) is 0 Å². The number of fused-ring (bicyclic) bond motifs is 1. The minimum absolute atomic E-state index is 0.250. The molecule has 0 bridgehead atoms. The van der Waals surface area contributed by atoms with E-state index in [2.05, 4.69) is 17.2 Å². The quantitative estimate of drug-likeness (QED) is 0.476. The van der Waals surface area contributed by atoms with Gasteiger partial charge in [0.05, 0.1) is 28.4 Å². The van der Waals surface area contributed by atoms with Gasteiger partial charge in [0.2, 0.25) is 0 Å². The van der Waals surface area contributed by atoms with E-state index in [1.54, 1.807) is 31.5 Å². The van der Waals surface area contributed by atoms with Crippen molar-refractivity contribution < 1.29 is 9.47 Å². The van der Waals surface area contributed by atoms with Crippen LogP contribution in [-0.2, 0) is 0 Å². The predicted octanol–water partition coefficient (Wildman–Crippen LogP) is 5.88. The fourth-order valence-electron chi connectivity index (χ4n) is 2.99. The standard InChI is InChI=1S/C21H23Cl2N3O2/c1-13(5-3-9-24)26-18-12-19(27-2)21(15-6-4-10-25-20(15)18)28-14-7-8-16(22)17(23)11-14/h4,6-8,10-13,26H,3,5,9,24H2,1-2H3. The number of halogens is 2. The van der Waals surface area contributed by atoms with Crippen molar-refractivity contribution in [1.82, 2.24) is 4.98 Å². The van der Waals surface area contributed by atoms with E-state index < -0.39 is 0 Å². The lowest BCUT2D eigenvalue weighted by Gasteiger charge is -2.19. The Morgan fingerprint density at radius 2 is 2.00 bits per heavy atom. The van der Waals surface area contributed by atoms with Crippen molar-refractivity contribution in [2.75, 3.05) is 19.0 Å². The molecule has 1 aromatic heterocycles. The summed E-state index contributed by atoms with van der Waals surface area (Å²) in [5.74, 6) is 1.74. The van der Waals surface area contributed by atoms with E-state index in [1.165, 1.54) is 0 Å². The Hall–Kier alpha value is -2.21. The van der Waals surface area contributed by atoms with Gasteiger partial charge < -0.3 is 20.5 Å². The van der Waals surface area contributed by atoms with Crippen LogP contribution >= 0.6 is 23.2 Å². The number of nitrogens with zero attached hydrogens (tertiary/aromatic N) is 1. The molecule has 0 amide bonds. The topological polar surface area (TPSA) is 69.4 Å². The number of nitrogens with two attached hydrogens (primary N) is 1. The molecule has 3 N–H and O–H groups in total. The molecule has 1 heterocycles. The van der Waals surface area contributed by atoms with Gasteiger partial charge in [-0.05, 0) is 50.6 Å². The van der Waals surface area contributed by atoms with Crippen molar-refractivity contribution in [2.45, 2.75) is 25.8 Å². The number of aromatic nitrogens is 1. The van der Waals surface area contributed by atoms with Gasteiger partial charge in [-0.3, -0.25) is 4.98 Å². The van der Waals surface area contributed by atoms with Crippen LogP contribution in [0.25, 0.3) is 10.9 Å². The summed E-state index contributed by atoms with van der Waals surface area (Å²) >= 11 is 12.1. The number of benzene rings is 2. The van der Waals surface area contributed by atoms with Crippen molar-refractivity contribution in [3.8, 4) is 17.2 Å². The molecule has 0 spiro atoms. The van der Waals surface area contributed by atoms with Crippen molar-refractivity contribution in [3.05, 3.63) is 52.6 Å². The first kappa shape index (κ1) is 20.5. The van der Waals surface area contributed by atoms with Crippen molar-refractivity contribution in [2.24, 2.45) is 5.73 Å². The third-order valence-corrected chi connectivity index (χ3v) is 5.12. The molecule has 0 fully saturated rings. The highest BCUT2D eigenvalue weighted by Crippen LogP contribution is 2.42. The van der Waals surface area contributed by atoms with Gasteiger partial charge in [0.25, 0.3) is 0 Å². The average molecular weight is 420 g/mol. The van der Waals surface area contributed by atoms with Crippen LogP contribution in [0, 0.1) is 0 Å². The number of anilines is 1. The second-order valence-corrected chi connectivity index (χ2v) is 7.32. The van der Waals surface area contributed by atoms with Gasteiger partial charge in [-0.1, -0.05) is 23.2 Å². The van der Waals surface area contributed by atoms with E-state index in [1.807, 2.05) is 18.2 Å². The minimum Gasteiger partial charge on any atom is -0.493 e. The van der Waals surface area contributed by atoms with Gasteiger partial charge >= 0.3 is 0 Å². The molecule has 3 rings (SSSR count). The lowest BCUT2D eigenvalue weighted by Crippen LogP contribution is -2.17. The van der Waals surface area contributed by atoms with E-state index in [-0.39, 0.29) is 6.04 Å². The normalized spacial score (nSPS) is 12.0. The zero-order valence-electron chi connectivity index (χ0n) is 15.8. The Balaban J connectivity index is 2.03. The molecule has 2 aromatic carbocycles. The van der Waals surface area contributed by atoms with Crippen LogP contribution in [0.1, 0.15) is 19.8 Å². The zero-order chi connectivity index (χ0) is 20.1. The fraction of sp³-hybridized carbons (Fsp3) is 0.286. The first-order valence-corrected chi connectivity index (χ1v) is 9.84. The van der Waals surface area contributed by atoms with Gasteiger partial charge in [0.15, 0.2) is 11.5 Å². The van der Waals surface area contributed by atoms with Gasteiger partial charge in [0, 0.05) is 29.8 Å². The monoisotopic (exact) mass is 419 g/mol. The molecular weight excluding hydrogens is 397 g/mol. The molecule has 0 aliphatic rings. The van der Waals surface area contributed by atoms with E-state index in [4.69, 9.17) is 38.4 Å². The molecule has 1 atom stereocenters. The summed E-state index contributed by atoms with van der Waals surface area (Å²) < 4.78 is 11.7. The summed E-state index contributed by atoms with van der Waals surface area (Å²) in [7, 11) is 1.61. The van der Waals surface area contributed by atoms with Crippen molar-refractivity contribution >= 4 is 39.8 Å². The molecule has 28 heavy (non-hydrogen) atoms.